The van der Waals surface area contributed by atoms with E-state index in [9.17, 15) is 4.79 Å². The van der Waals surface area contributed by atoms with Crippen LogP contribution in [0, 0.1) is 12.8 Å². The number of aromatic nitrogens is 1. The zero-order valence-electron chi connectivity index (χ0n) is 9.19. The van der Waals surface area contributed by atoms with E-state index >= 15 is 0 Å². The first kappa shape index (κ1) is 10.2. The number of carbonyl (C=O) groups excluding carboxylic acids is 1. The van der Waals surface area contributed by atoms with Crippen molar-refractivity contribution in [3.05, 3.63) is 12.0 Å². The van der Waals surface area contributed by atoms with Gasteiger partial charge in [-0.3, -0.25) is 4.79 Å². The average Bonchev–Trinajstić information content (AvgIpc) is 2.49. The summed E-state index contributed by atoms with van der Waals surface area (Å²) in [5.74, 6) is 1.43. The fraction of sp³-hybridized carbons (Fsp3) is 0.636. The van der Waals surface area contributed by atoms with Gasteiger partial charge in [0, 0.05) is 13.5 Å². The summed E-state index contributed by atoms with van der Waals surface area (Å²) in [6.07, 6.45) is 5.37. The second-order valence-corrected chi connectivity index (χ2v) is 4.19. The van der Waals surface area contributed by atoms with Gasteiger partial charge in [0.05, 0.1) is 6.20 Å². The normalized spacial score (nSPS) is 16.1. The second kappa shape index (κ2) is 4.04. The molecular formula is C11H16N2O2. The summed E-state index contributed by atoms with van der Waals surface area (Å²) >= 11 is 0. The third-order valence-corrected chi connectivity index (χ3v) is 3.06. The van der Waals surface area contributed by atoms with E-state index in [-0.39, 0.29) is 5.91 Å². The van der Waals surface area contributed by atoms with Crippen LogP contribution in [0.1, 0.15) is 31.9 Å². The first-order chi connectivity index (χ1) is 7.18. The van der Waals surface area contributed by atoms with Gasteiger partial charge >= 0.3 is 0 Å². The minimum absolute atomic E-state index is 0.0631. The number of carbonyl (C=O) groups is 1. The highest BCUT2D eigenvalue weighted by atomic mass is 16.5. The lowest BCUT2D eigenvalue weighted by atomic mass is 9.85. The summed E-state index contributed by atoms with van der Waals surface area (Å²) in [4.78, 5) is 13.3. The number of nitrogens with zero attached hydrogens (tertiary/aromatic N) is 2. The van der Waals surface area contributed by atoms with E-state index in [1.165, 1.54) is 19.3 Å². The molecule has 0 unspecified atom stereocenters. The SMILES string of the molecule is CC(=O)N(CC1CCC1)c1cnoc1C. The quantitative estimate of drug-likeness (QED) is 0.764. The summed E-state index contributed by atoms with van der Waals surface area (Å²) < 4.78 is 4.98. The molecule has 1 saturated carbocycles. The molecular weight excluding hydrogens is 192 g/mol. The third kappa shape index (κ3) is 2.03. The monoisotopic (exact) mass is 208 g/mol. The third-order valence-electron chi connectivity index (χ3n) is 3.06. The van der Waals surface area contributed by atoms with Gasteiger partial charge in [0.15, 0.2) is 5.76 Å². The number of anilines is 1. The molecule has 2 rings (SSSR count). The molecule has 1 amide bonds. The minimum atomic E-state index is 0.0631. The summed E-state index contributed by atoms with van der Waals surface area (Å²) in [7, 11) is 0. The summed E-state index contributed by atoms with van der Waals surface area (Å²) in [5.41, 5.74) is 0.814. The Morgan fingerprint density at radius 3 is 2.80 bits per heavy atom. The van der Waals surface area contributed by atoms with Gasteiger partial charge in [0.1, 0.15) is 5.69 Å². The molecule has 15 heavy (non-hydrogen) atoms. The van der Waals surface area contributed by atoms with Crippen molar-refractivity contribution in [1.82, 2.24) is 5.16 Å². The van der Waals surface area contributed by atoms with Gasteiger partial charge in [-0.15, -0.1) is 0 Å². The first-order valence-corrected chi connectivity index (χ1v) is 5.38. The topological polar surface area (TPSA) is 46.3 Å². The minimum Gasteiger partial charge on any atom is -0.359 e. The second-order valence-electron chi connectivity index (χ2n) is 4.19. The summed E-state index contributed by atoms with van der Waals surface area (Å²) in [6, 6.07) is 0. The van der Waals surface area contributed by atoms with Crippen molar-refractivity contribution >= 4 is 11.6 Å². The highest BCUT2D eigenvalue weighted by Crippen LogP contribution is 2.29. The molecule has 82 valence electrons. The number of rotatable bonds is 3. The van der Waals surface area contributed by atoms with Crippen LogP contribution in [0.4, 0.5) is 5.69 Å². The molecule has 4 heteroatoms. The standard InChI is InChI=1S/C11H16N2O2/c1-8-11(6-12-15-8)13(9(2)14)7-10-4-3-5-10/h6,10H,3-5,7H2,1-2H3. The number of hydrogen-bond donors (Lipinski definition) is 0. The highest BCUT2D eigenvalue weighted by molar-refractivity contribution is 5.91. The highest BCUT2D eigenvalue weighted by Gasteiger charge is 2.24. The van der Waals surface area contributed by atoms with Crippen LogP contribution in [0.15, 0.2) is 10.7 Å². The van der Waals surface area contributed by atoms with Gasteiger partial charge in [0.25, 0.3) is 0 Å². The molecule has 0 N–H and O–H groups in total. The summed E-state index contributed by atoms with van der Waals surface area (Å²) in [5, 5.41) is 3.71. The Kier molecular flexibility index (Phi) is 2.75. The lowest BCUT2D eigenvalue weighted by molar-refractivity contribution is -0.116. The van der Waals surface area contributed by atoms with Gasteiger partial charge in [-0.25, -0.2) is 0 Å². The van der Waals surface area contributed by atoms with E-state index in [0.717, 1.165) is 12.2 Å². The van der Waals surface area contributed by atoms with Crippen LogP contribution >= 0.6 is 0 Å². The van der Waals surface area contributed by atoms with Crippen molar-refractivity contribution in [3.63, 3.8) is 0 Å². The van der Waals surface area contributed by atoms with E-state index in [1.54, 1.807) is 18.0 Å². The van der Waals surface area contributed by atoms with Crippen molar-refractivity contribution in [2.75, 3.05) is 11.4 Å². The zero-order valence-corrected chi connectivity index (χ0v) is 9.19. The molecule has 1 aromatic rings. The maximum atomic E-state index is 11.5. The van der Waals surface area contributed by atoms with Crippen molar-refractivity contribution in [3.8, 4) is 0 Å². The molecule has 0 atom stereocenters. The van der Waals surface area contributed by atoms with Gasteiger partial charge in [-0.05, 0) is 25.7 Å². The Hall–Kier alpha value is -1.32. The van der Waals surface area contributed by atoms with Crippen LogP contribution in [0.5, 0.6) is 0 Å². The van der Waals surface area contributed by atoms with Crippen molar-refractivity contribution in [2.45, 2.75) is 33.1 Å². The van der Waals surface area contributed by atoms with E-state index in [2.05, 4.69) is 5.16 Å². The van der Waals surface area contributed by atoms with E-state index < -0.39 is 0 Å². The Labute approximate surface area is 89.2 Å². The summed E-state index contributed by atoms with van der Waals surface area (Å²) in [6.45, 7) is 4.22. The predicted molar refractivity (Wildman–Crippen MR) is 56.6 cm³/mol. The zero-order chi connectivity index (χ0) is 10.8. The molecule has 0 bridgehead atoms. The number of aryl methyl sites for hydroxylation is 1. The Morgan fingerprint density at radius 2 is 2.40 bits per heavy atom. The van der Waals surface area contributed by atoms with E-state index in [0.29, 0.717) is 11.7 Å². The smallest absolute Gasteiger partial charge is 0.224 e. The maximum Gasteiger partial charge on any atom is 0.224 e. The van der Waals surface area contributed by atoms with Gasteiger partial charge < -0.3 is 9.42 Å². The number of amides is 1. The predicted octanol–water partition coefficient (Wildman–Crippen LogP) is 2.14. The van der Waals surface area contributed by atoms with Crippen LogP contribution in [-0.2, 0) is 4.79 Å². The van der Waals surface area contributed by atoms with Crippen molar-refractivity contribution in [1.29, 1.82) is 0 Å². The average molecular weight is 208 g/mol. The molecule has 1 aromatic heterocycles. The van der Waals surface area contributed by atoms with Crippen LogP contribution in [0.3, 0.4) is 0 Å². The molecule has 1 heterocycles. The number of hydrogen-bond acceptors (Lipinski definition) is 3. The van der Waals surface area contributed by atoms with Gasteiger partial charge in [-0.1, -0.05) is 11.6 Å². The first-order valence-electron chi connectivity index (χ1n) is 5.38. The Bertz CT molecular complexity index is 355. The molecule has 0 aliphatic heterocycles. The fourth-order valence-electron chi connectivity index (χ4n) is 1.88. The largest absolute Gasteiger partial charge is 0.359 e. The molecule has 1 aliphatic rings. The van der Waals surface area contributed by atoms with Crippen LogP contribution in [-0.4, -0.2) is 17.6 Å². The van der Waals surface area contributed by atoms with Crippen LogP contribution < -0.4 is 4.90 Å². The van der Waals surface area contributed by atoms with E-state index in [4.69, 9.17) is 4.52 Å². The van der Waals surface area contributed by atoms with Crippen molar-refractivity contribution in [2.24, 2.45) is 5.92 Å². The van der Waals surface area contributed by atoms with Crippen LogP contribution in [0.2, 0.25) is 0 Å². The molecule has 0 saturated heterocycles. The molecule has 0 radical (unpaired) electrons. The molecule has 0 spiro atoms. The molecule has 4 nitrogen and oxygen atoms in total. The lowest BCUT2D eigenvalue weighted by Gasteiger charge is -2.31. The van der Waals surface area contributed by atoms with Gasteiger partial charge in [-0.2, -0.15) is 0 Å². The fourth-order valence-corrected chi connectivity index (χ4v) is 1.88. The Morgan fingerprint density at radius 1 is 1.67 bits per heavy atom. The molecule has 1 aliphatic carbocycles. The van der Waals surface area contributed by atoms with E-state index in [1.807, 2.05) is 6.92 Å². The lowest BCUT2D eigenvalue weighted by Crippen LogP contribution is -2.36. The Balaban J connectivity index is 2.12. The molecule has 1 fully saturated rings. The maximum absolute atomic E-state index is 11.5. The van der Waals surface area contributed by atoms with Crippen molar-refractivity contribution < 1.29 is 9.32 Å². The van der Waals surface area contributed by atoms with Crippen LogP contribution in [0.25, 0.3) is 0 Å². The molecule has 0 aromatic carbocycles. The van der Waals surface area contributed by atoms with Gasteiger partial charge in [0.2, 0.25) is 5.91 Å².